The second-order valence-corrected chi connectivity index (χ2v) is 9.53. The lowest BCUT2D eigenvalue weighted by molar-refractivity contribution is -0.274. The zero-order chi connectivity index (χ0) is 31.5. The van der Waals surface area contributed by atoms with E-state index >= 15 is 0 Å². The van der Waals surface area contributed by atoms with Gasteiger partial charge in [0.15, 0.2) is 0 Å². The number of rotatable bonds is 11. The van der Waals surface area contributed by atoms with Crippen LogP contribution in [-0.4, -0.2) is 68.5 Å². The fourth-order valence-corrected chi connectivity index (χ4v) is 4.29. The van der Waals surface area contributed by atoms with E-state index < -0.39 is 24.1 Å². The normalized spacial score (nSPS) is 14.1. The summed E-state index contributed by atoms with van der Waals surface area (Å²) in [7, 11) is 0. The maximum absolute atomic E-state index is 13.3. The Labute approximate surface area is 251 Å². The zero-order valence-corrected chi connectivity index (χ0v) is 23.5. The SMILES string of the molecule is C=Nc1ccccc1NC(=O)/C=C/c1ccc(C(NCC(=O)N2CCOCC2)C(=O)Nc2ccc(OC(F)(F)F)cc2)cc1. The maximum Gasteiger partial charge on any atom is 0.573 e. The number of benzene rings is 3. The molecule has 230 valence electrons. The minimum Gasteiger partial charge on any atom is -0.406 e. The Balaban J connectivity index is 1.45. The molecule has 0 aliphatic carbocycles. The van der Waals surface area contributed by atoms with Crippen LogP contribution in [0.15, 0.2) is 83.9 Å². The highest BCUT2D eigenvalue weighted by Crippen LogP contribution is 2.25. The Bertz CT molecular complexity index is 1490. The number of carbonyl (C=O) groups excluding carboxylic acids is 3. The van der Waals surface area contributed by atoms with Gasteiger partial charge in [0.25, 0.3) is 0 Å². The number of nitrogens with zero attached hydrogens (tertiary/aromatic N) is 2. The monoisotopic (exact) mass is 609 g/mol. The molecule has 3 N–H and O–H groups in total. The number of morpholine rings is 1. The van der Waals surface area contributed by atoms with Gasteiger partial charge in [-0.15, -0.1) is 13.2 Å². The molecule has 1 aliphatic heterocycles. The third kappa shape index (κ3) is 9.51. The third-order valence-electron chi connectivity index (χ3n) is 6.47. The van der Waals surface area contributed by atoms with E-state index in [1.807, 2.05) is 0 Å². The number of hydrogen-bond acceptors (Lipinski definition) is 7. The number of para-hydroxylation sites is 2. The third-order valence-corrected chi connectivity index (χ3v) is 6.47. The zero-order valence-electron chi connectivity index (χ0n) is 23.5. The first-order valence-electron chi connectivity index (χ1n) is 13.5. The molecule has 44 heavy (non-hydrogen) atoms. The highest BCUT2D eigenvalue weighted by Gasteiger charge is 2.31. The number of alkyl halides is 3. The summed E-state index contributed by atoms with van der Waals surface area (Å²) < 4.78 is 46.6. The van der Waals surface area contributed by atoms with Crippen molar-refractivity contribution in [2.24, 2.45) is 4.99 Å². The van der Waals surface area contributed by atoms with Crippen molar-refractivity contribution in [1.29, 1.82) is 0 Å². The van der Waals surface area contributed by atoms with Gasteiger partial charge in [-0.25, -0.2) is 0 Å². The van der Waals surface area contributed by atoms with E-state index in [0.717, 1.165) is 12.1 Å². The highest BCUT2D eigenvalue weighted by atomic mass is 19.4. The molecule has 1 atom stereocenters. The van der Waals surface area contributed by atoms with Gasteiger partial charge < -0.3 is 25.0 Å². The Kier molecular flexibility index (Phi) is 10.8. The van der Waals surface area contributed by atoms with E-state index in [-0.39, 0.29) is 24.0 Å². The van der Waals surface area contributed by atoms with Crippen LogP contribution in [0.2, 0.25) is 0 Å². The largest absolute Gasteiger partial charge is 0.573 e. The summed E-state index contributed by atoms with van der Waals surface area (Å²) in [5, 5.41) is 8.39. The van der Waals surface area contributed by atoms with Gasteiger partial charge in [-0.3, -0.25) is 24.7 Å². The molecular weight excluding hydrogens is 579 g/mol. The van der Waals surface area contributed by atoms with Crippen molar-refractivity contribution >= 4 is 47.6 Å². The summed E-state index contributed by atoms with van der Waals surface area (Å²) in [5.74, 6) is -1.56. The van der Waals surface area contributed by atoms with Crippen LogP contribution < -0.4 is 20.7 Å². The Morgan fingerprint density at radius 3 is 2.32 bits per heavy atom. The van der Waals surface area contributed by atoms with Crippen molar-refractivity contribution < 1.29 is 37.0 Å². The molecule has 0 spiro atoms. The quantitative estimate of drug-likeness (QED) is 0.214. The molecule has 10 nitrogen and oxygen atoms in total. The summed E-state index contributed by atoms with van der Waals surface area (Å²) in [6.07, 6.45) is -1.89. The van der Waals surface area contributed by atoms with Gasteiger partial charge in [0, 0.05) is 24.9 Å². The fraction of sp³-hybridized carbons (Fsp3) is 0.226. The van der Waals surface area contributed by atoms with Crippen molar-refractivity contribution in [2.75, 3.05) is 43.5 Å². The number of nitrogens with one attached hydrogen (secondary N) is 3. The second-order valence-electron chi connectivity index (χ2n) is 9.53. The van der Waals surface area contributed by atoms with Crippen LogP contribution in [-0.2, 0) is 19.1 Å². The second kappa shape index (κ2) is 14.9. The van der Waals surface area contributed by atoms with Crippen molar-refractivity contribution in [3.63, 3.8) is 0 Å². The predicted octanol–water partition coefficient (Wildman–Crippen LogP) is 4.70. The Morgan fingerprint density at radius 1 is 0.977 bits per heavy atom. The van der Waals surface area contributed by atoms with Gasteiger partial charge in [0.05, 0.1) is 31.1 Å². The fourth-order valence-electron chi connectivity index (χ4n) is 4.29. The molecule has 3 amide bonds. The molecule has 1 aliphatic rings. The number of amides is 3. The Morgan fingerprint density at radius 2 is 1.66 bits per heavy atom. The van der Waals surface area contributed by atoms with Crippen LogP contribution in [0.25, 0.3) is 6.08 Å². The molecule has 1 heterocycles. The molecule has 1 unspecified atom stereocenters. The summed E-state index contributed by atoms with van der Waals surface area (Å²) in [6.45, 7) is 5.08. The molecule has 3 aromatic rings. The van der Waals surface area contributed by atoms with Crippen LogP contribution in [0.1, 0.15) is 17.2 Å². The minimum atomic E-state index is -4.84. The first kappa shape index (κ1) is 31.9. The average molecular weight is 610 g/mol. The van der Waals surface area contributed by atoms with Gasteiger partial charge in [-0.1, -0.05) is 36.4 Å². The molecule has 4 rings (SSSR count). The molecule has 1 fully saturated rings. The van der Waals surface area contributed by atoms with E-state index in [2.05, 4.69) is 32.4 Å². The summed E-state index contributed by atoms with van der Waals surface area (Å²) in [6, 6.07) is 17.4. The van der Waals surface area contributed by atoms with E-state index in [4.69, 9.17) is 4.74 Å². The molecular formula is C31H30F3N5O5. The van der Waals surface area contributed by atoms with E-state index in [1.165, 1.54) is 18.2 Å². The number of ether oxygens (including phenoxy) is 2. The van der Waals surface area contributed by atoms with Crippen LogP contribution in [0.5, 0.6) is 5.75 Å². The standard InChI is InChI=1S/C31H30F3N5O5/c1-35-25-4-2-3-5-26(25)38-27(40)15-8-21-6-9-22(10-7-21)29(36-20-28(41)39-16-18-43-19-17-39)30(42)37-23-11-13-24(14-12-23)44-31(32,33)34/h2-15,29,36H,1,16-20H2,(H,37,42)(H,38,40)/b15-8+. The molecule has 3 aromatic carbocycles. The van der Waals surface area contributed by atoms with E-state index in [9.17, 15) is 27.6 Å². The Hall–Kier alpha value is -5.01. The number of aliphatic imine (C=N–C) groups is 1. The molecule has 0 saturated carbocycles. The topological polar surface area (TPSA) is 121 Å². The molecule has 0 bridgehead atoms. The van der Waals surface area contributed by atoms with Gasteiger partial charge in [0.2, 0.25) is 17.7 Å². The number of anilines is 2. The van der Waals surface area contributed by atoms with E-state index in [0.29, 0.717) is 48.8 Å². The van der Waals surface area contributed by atoms with Crippen molar-refractivity contribution in [1.82, 2.24) is 10.2 Å². The van der Waals surface area contributed by atoms with Crippen molar-refractivity contribution in [3.8, 4) is 5.75 Å². The summed E-state index contributed by atoms with van der Waals surface area (Å²) >= 11 is 0. The van der Waals surface area contributed by atoms with Crippen LogP contribution in [0.4, 0.5) is 30.2 Å². The van der Waals surface area contributed by atoms with Gasteiger partial charge in [-0.2, -0.15) is 0 Å². The summed E-state index contributed by atoms with van der Waals surface area (Å²) in [4.78, 5) is 44.0. The number of carbonyl (C=O) groups is 3. The lowest BCUT2D eigenvalue weighted by Gasteiger charge is -2.28. The lowest BCUT2D eigenvalue weighted by atomic mass is 10.0. The van der Waals surface area contributed by atoms with Gasteiger partial charge in [-0.05, 0) is 60.3 Å². The van der Waals surface area contributed by atoms with Crippen molar-refractivity contribution in [3.05, 3.63) is 90.0 Å². The van der Waals surface area contributed by atoms with Crippen LogP contribution in [0.3, 0.4) is 0 Å². The predicted molar refractivity (Wildman–Crippen MR) is 160 cm³/mol. The molecule has 0 radical (unpaired) electrons. The first-order valence-corrected chi connectivity index (χ1v) is 13.5. The maximum atomic E-state index is 13.3. The number of hydrogen-bond donors (Lipinski definition) is 3. The van der Waals surface area contributed by atoms with Crippen LogP contribution in [0, 0.1) is 0 Å². The lowest BCUT2D eigenvalue weighted by Crippen LogP contribution is -2.46. The van der Waals surface area contributed by atoms with E-state index in [1.54, 1.807) is 59.5 Å². The van der Waals surface area contributed by atoms with Crippen LogP contribution >= 0.6 is 0 Å². The first-order chi connectivity index (χ1) is 21.1. The molecule has 0 aromatic heterocycles. The molecule has 1 saturated heterocycles. The van der Waals surface area contributed by atoms with Gasteiger partial charge in [0.1, 0.15) is 11.8 Å². The number of halogens is 3. The summed E-state index contributed by atoms with van der Waals surface area (Å²) in [5.41, 5.74) is 2.47. The smallest absolute Gasteiger partial charge is 0.406 e. The highest BCUT2D eigenvalue weighted by molar-refractivity contribution is 6.03. The van der Waals surface area contributed by atoms with Gasteiger partial charge >= 0.3 is 6.36 Å². The molecule has 13 heteroatoms. The minimum absolute atomic E-state index is 0.140. The average Bonchev–Trinajstić information content (AvgIpc) is 3.01. The van der Waals surface area contributed by atoms with Crippen molar-refractivity contribution in [2.45, 2.75) is 12.4 Å².